The van der Waals surface area contributed by atoms with E-state index in [1.54, 1.807) is 28.9 Å². The number of hydrogen-bond acceptors (Lipinski definition) is 5. The van der Waals surface area contributed by atoms with E-state index < -0.39 is 0 Å². The Balaban J connectivity index is 1.68. The highest BCUT2D eigenvalue weighted by Crippen LogP contribution is 2.24. The normalized spacial score (nSPS) is 13.6. The number of thiophene rings is 1. The van der Waals surface area contributed by atoms with Gasteiger partial charge in [0, 0.05) is 42.4 Å². The molecular weight excluding hydrogens is 352 g/mol. The lowest BCUT2D eigenvalue weighted by atomic mass is 10.1. The number of nitrogens with zero attached hydrogens (tertiary/aromatic N) is 3. The van der Waals surface area contributed by atoms with Crippen LogP contribution in [-0.4, -0.2) is 20.4 Å². The molecule has 7 heteroatoms. The third-order valence-electron chi connectivity index (χ3n) is 4.11. The quantitative estimate of drug-likeness (QED) is 0.678. The Morgan fingerprint density at radius 2 is 2.20 bits per heavy atom. The molecule has 0 aliphatic rings. The Kier molecular flexibility index (Phi) is 5.65. The van der Waals surface area contributed by atoms with Crippen molar-refractivity contribution in [1.82, 2.24) is 19.9 Å². The fraction of sp³-hybridized carbons (Fsp3) is 0.389. The predicted molar refractivity (Wildman–Crippen MR) is 102 cm³/mol. The van der Waals surface area contributed by atoms with E-state index in [0.29, 0.717) is 6.42 Å². The van der Waals surface area contributed by atoms with Crippen LogP contribution in [-0.2, 0) is 11.2 Å². The van der Waals surface area contributed by atoms with Crippen LogP contribution in [0.4, 0.5) is 0 Å². The Morgan fingerprint density at radius 1 is 1.36 bits per heavy atom. The van der Waals surface area contributed by atoms with Gasteiger partial charge in [-0.25, -0.2) is 9.97 Å². The van der Waals surface area contributed by atoms with Crippen LogP contribution in [0.3, 0.4) is 0 Å². The molecule has 0 saturated carbocycles. The van der Waals surface area contributed by atoms with E-state index in [2.05, 4.69) is 32.1 Å². The highest BCUT2D eigenvalue weighted by atomic mass is 32.1. The Morgan fingerprint density at radius 3 is 2.80 bits per heavy atom. The minimum atomic E-state index is -0.0862. The molecule has 0 unspecified atom stereocenters. The third-order valence-corrected chi connectivity index (χ3v) is 5.92. The molecule has 1 N–H and O–H groups in total. The number of imidazole rings is 1. The number of rotatable bonds is 7. The monoisotopic (exact) mass is 374 g/mol. The van der Waals surface area contributed by atoms with Crippen molar-refractivity contribution < 1.29 is 4.79 Å². The Bertz CT molecular complexity index is 822. The zero-order valence-electron chi connectivity index (χ0n) is 14.6. The van der Waals surface area contributed by atoms with E-state index in [4.69, 9.17) is 0 Å². The number of aryl methyl sites for hydroxylation is 2. The molecule has 0 bridgehead atoms. The Labute approximate surface area is 155 Å². The third kappa shape index (κ3) is 4.55. The van der Waals surface area contributed by atoms with Crippen molar-refractivity contribution in [2.75, 3.05) is 0 Å². The van der Waals surface area contributed by atoms with Gasteiger partial charge in [0.05, 0.1) is 6.04 Å². The lowest BCUT2D eigenvalue weighted by Gasteiger charge is -2.19. The minimum Gasteiger partial charge on any atom is -0.346 e. The van der Waals surface area contributed by atoms with Gasteiger partial charge in [-0.1, -0.05) is 0 Å². The van der Waals surface area contributed by atoms with E-state index in [-0.39, 0.29) is 18.0 Å². The second-order valence-electron chi connectivity index (χ2n) is 6.22. The van der Waals surface area contributed by atoms with Crippen LogP contribution >= 0.6 is 22.7 Å². The molecule has 0 fully saturated rings. The van der Waals surface area contributed by atoms with Gasteiger partial charge < -0.3 is 9.88 Å². The molecule has 0 spiro atoms. The number of carbonyl (C=O) groups excluding carboxylic acids is 1. The summed E-state index contributed by atoms with van der Waals surface area (Å²) < 4.78 is 2.03. The van der Waals surface area contributed by atoms with Crippen molar-refractivity contribution >= 4 is 28.6 Å². The van der Waals surface area contributed by atoms with Crippen molar-refractivity contribution in [3.8, 4) is 0 Å². The predicted octanol–water partition coefficient (Wildman–Crippen LogP) is 4.07. The van der Waals surface area contributed by atoms with E-state index in [9.17, 15) is 4.79 Å². The van der Waals surface area contributed by atoms with Gasteiger partial charge in [-0.3, -0.25) is 4.79 Å². The maximum Gasteiger partial charge on any atom is 0.222 e. The van der Waals surface area contributed by atoms with Crippen LogP contribution in [0.1, 0.15) is 47.5 Å². The van der Waals surface area contributed by atoms with Crippen molar-refractivity contribution in [3.05, 3.63) is 56.7 Å². The van der Waals surface area contributed by atoms with Crippen molar-refractivity contribution in [3.63, 3.8) is 0 Å². The van der Waals surface area contributed by atoms with Gasteiger partial charge >= 0.3 is 0 Å². The molecule has 3 rings (SSSR count). The zero-order chi connectivity index (χ0) is 17.8. The number of aromatic nitrogens is 3. The molecule has 0 aliphatic carbocycles. The largest absolute Gasteiger partial charge is 0.346 e. The number of hydrogen-bond donors (Lipinski definition) is 1. The fourth-order valence-corrected chi connectivity index (χ4v) is 4.38. The summed E-state index contributed by atoms with van der Waals surface area (Å²) in [5.74, 6) is 0.958. The van der Waals surface area contributed by atoms with Crippen molar-refractivity contribution in [2.45, 2.75) is 45.7 Å². The van der Waals surface area contributed by atoms with Crippen LogP contribution in [0, 0.1) is 13.8 Å². The average molecular weight is 375 g/mol. The highest BCUT2D eigenvalue weighted by molar-refractivity contribution is 7.09. The number of thiazole rings is 1. The molecule has 25 heavy (non-hydrogen) atoms. The molecule has 1 amide bonds. The maximum absolute atomic E-state index is 12.6. The second kappa shape index (κ2) is 7.93. The SMILES string of the molecule is Cc1csc([C@@H](Cc2ccsc2)NC(=O)C[C@@H](C)n2ccnc2C)n1. The smallest absolute Gasteiger partial charge is 0.222 e. The minimum absolute atomic E-state index is 0.0358. The number of amides is 1. The van der Waals surface area contributed by atoms with Crippen LogP contribution < -0.4 is 5.32 Å². The first-order chi connectivity index (χ1) is 12.0. The van der Waals surface area contributed by atoms with Gasteiger partial charge in [0.25, 0.3) is 0 Å². The summed E-state index contributed by atoms with van der Waals surface area (Å²) in [5, 5.41) is 10.3. The zero-order valence-corrected chi connectivity index (χ0v) is 16.2. The van der Waals surface area contributed by atoms with Gasteiger partial charge in [-0.15, -0.1) is 11.3 Å². The van der Waals surface area contributed by atoms with Gasteiger partial charge in [0.2, 0.25) is 5.91 Å². The van der Waals surface area contributed by atoms with Gasteiger partial charge in [0.15, 0.2) is 0 Å². The van der Waals surface area contributed by atoms with E-state index >= 15 is 0 Å². The molecule has 3 aromatic heterocycles. The molecule has 5 nitrogen and oxygen atoms in total. The molecule has 3 heterocycles. The van der Waals surface area contributed by atoms with E-state index in [1.165, 1.54) is 5.56 Å². The molecule has 3 aromatic rings. The van der Waals surface area contributed by atoms with E-state index in [1.807, 2.05) is 36.9 Å². The fourth-order valence-electron chi connectivity index (χ4n) is 2.85. The van der Waals surface area contributed by atoms with Crippen LogP contribution in [0.15, 0.2) is 34.6 Å². The summed E-state index contributed by atoms with van der Waals surface area (Å²) in [6, 6.07) is 2.08. The van der Waals surface area contributed by atoms with Crippen LogP contribution in [0.25, 0.3) is 0 Å². The topological polar surface area (TPSA) is 59.8 Å². The van der Waals surface area contributed by atoms with Crippen molar-refractivity contribution in [2.24, 2.45) is 0 Å². The first-order valence-electron chi connectivity index (χ1n) is 8.25. The summed E-state index contributed by atoms with van der Waals surface area (Å²) in [4.78, 5) is 21.4. The molecule has 0 aliphatic heterocycles. The summed E-state index contributed by atoms with van der Waals surface area (Å²) >= 11 is 3.27. The van der Waals surface area contributed by atoms with Crippen LogP contribution in [0.5, 0.6) is 0 Å². The summed E-state index contributed by atoms with van der Waals surface area (Å²) in [5.41, 5.74) is 2.22. The molecule has 0 radical (unpaired) electrons. The number of carbonyl (C=O) groups is 1. The molecular formula is C18H22N4OS2. The first kappa shape index (κ1) is 17.8. The lowest BCUT2D eigenvalue weighted by molar-refractivity contribution is -0.122. The second-order valence-corrected chi connectivity index (χ2v) is 7.89. The molecule has 2 atom stereocenters. The van der Waals surface area contributed by atoms with Crippen LogP contribution in [0.2, 0.25) is 0 Å². The molecule has 0 aromatic carbocycles. The lowest BCUT2D eigenvalue weighted by Crippen LogP contribution is -2.31. The summed E-state index contributed by atoms with van der Waals surface area (Å²) in [6.07, 6.45) is 4.87. The highest BCUT2D eigenvalue weighted by Gasteiger charge is 2.20. The maximum atomic E-state index is 12.6. The van der Waals surface area contributed by atoms with Crippen molar-refractivity contribution in [1.29, 1.82) is 0 Å². The first-order valence-corrected chi connectivity index (χ1v) is 10.1. The van der Waals surface area contributed by atoms with Gasteiger partial charge in [-0.05, 0) is 43.2 Å². The average Bonchev–Trinajstić information content (AvgIpc) is 3.28. The molecule has 0 saturated heterocycles. The number of nitrogens with one attached hydrogen (secondary N) is 1. The van der Waals surface area contributed by atoms with E-state index in [0.717, 1.165) is 22.9 Å². The summed E-state index contributed by atoms with van der Waals surface area (Å²) in [7, 11) is 0. The van der Waals surface area contributed by atoms with Gasteiger partial charge in [0.1, 0.15) is 10.8 Å². The Hall–Kier alpha value is -1.99. The van der Waals surface area contributed by atoms with Gasteiger partial charge in [-0.2, -0.15) is 11.3 Å². The standard InChI is InChI=1S/C18H22N4OS2/c1-12-10-25-18(20-12)16(9-15-4-7-24-11-15)21-17(23)8-13(2)22-6-5-19-14(22)3/h4-7,10-11,13,16H,8-9H2,1-3H3,(H,21,23)/t13-,16-/m1/s1. The molecule has 132 valence electrons. The summed E-state index contributed by atoms with van der Waals surface area (Å²) in [6.45, 7) is 5.97.